The van der Waals surface area contributed by atoms with E-state index in [4.69, 9.17) is 10.6 Å². The highest BCUT2D eigenvalue weighted by Crippen LogP contribution is 2.24. The predicted octanol–water partition coefficient (Wildman–Crippen LogP) is 1.63. The van der Waals surface area contributed by atoms with Gasteiger partial charge in [0, 0.05) is 14.1 Å². The number of anilines is 2. The largest absolute Gasteiger partial charge is 0.424 e. The Balaban J connectivity index is 2.34. The van der Waals surface area contributed by atoms with E-state index in [0.717, 1.165) is 5.56 Å². The maximum atomic E-state index is 5.71. The second-order valence-electron chi connectivity index (χ2n) is 4.65. The summed E-state index contributed by atoms with van der Waals surface area (Å²) in [6.07, 6.45) is 0. The lowest BCUT2D eigenvalue weighted by Crippen LogP contribution is -2.17. The van der Waals surface area contributed by atoms with E-state index in [1.54, 1.807) is 4.90 Å². The zero-order chi connectivity index (χ0) is 14.7. The zero-order valence-corrected chi connectivity index (χ0v) is 12.0. The van der Waals surface area contributed by atoms with E-state index in [9.17, 15) is 0 Å². The Morgan fingerprint density at radius 3 is 2.50 bits per heavy atom. The van der Waals surface area contributed by atoms with E-state index in [1.165, 1.54) is 5.56 Å². The van der Waals surface area contributed by atoms with Gasteiger partial charge in [0.1, 0.15) is 5.75 Å². The van der Waals surface area contributed by atoms with Gasteiger partial charge in [-0.2, -0.15) is 15.0 Å². The molecular weight excluding hydrogens is 256 g/mol. The first-order chi connectivity index (χ1) is 9.49. The molecule has 1 aromatic heterocycles. The molecule has 2 rings (SSSR count). The normalized spacial score (nSPS) is 10.2. The first-order valence-electron chi connectivity index (χ1n) is 6.14. The van der Waals surface area contributed by atoms with Crippen LogP contribution in [0.4, 0.5) is 11.9 Å². The summed E-state index contributed by atoms with van der Waals surface area (Å²) in [4.78, 5) is 14.2. The Bertz CT molecular complexity index is 614. The Kier molecular flexibility index (Phi) is 3.99. The minimum absolute atomic E-state index is 0.198. The van der Waals surface area contributed by atoms with Crippen molar-refractivity contribution in [3.05, 3.63) is 29.3 Å². The fourth-order valence-electron chi connectivity index (χ4n) is 1.67. The SMILES string of the molecule is Cc1ccc(Oc2nc(NN)nc(N(C)C)n2)c(C)c1. The number of aryl methyl sites for hydroxylation is 2. The fourth-order valence-corrected chi connectivity index (χ4v) is 1.67. The molecule has 0 aliphatic heterocycles. The third kappa shape index (κ3) is 3.12. The van der Waals surface area contributed by atoms with Gasteiger partial charge >= 0.3 is 6.01 Å². The van der Waals surface area contributed by atoms with Crippen LogP contribution in [0, 0.1) is 13.8 Å². The third-order valence-electron chi connectivity index (χ3n) is 2.66. The summed E-state index contributed by atoms with van der Waals surface area (Å²) in [7, 11) is 3.66. The predicted molar refractivity (Wildman–Crippen MR) is 78.0 cm³/mol. The highest BCUT2D eigenvalue weighted by Gasteiger charge is 2.10. The highest BCUT2D eigenvalue weighted by atomic mass is 16.5. The number of rotatable bonds is 4. The van der Waals surface area contributed by atoms with Gasteiger partial charge in [0.2, 0.25) is 11.9 Å². The van der Waals surface area contributed by atoms with Gasteiger partial charge in [-0.25, -0.2) is 5.84 Å². The van der Waals surface area contributed by atoms with Gasteiger partial charge in [-0.15, -0.1) is 0 Å². The Morgan fingerprint density at radius 1 is 1.15 bits per heavy atom. The van der Waals surface area contributed by atoms with Crippen molar-refractivity contribution >= 4 is 11.9 Å². The molecule has 106 valence electrons. The molecule has 3 N–H and O–H groups in total. The van der Waals surface area contributed by atoms with Gasteiger partial charge in [0.25, 0.3) is 0 Å². The molecule has 0 fully saturated rings. The van der Waals surface area contributed by atoms with Crippen LogP contribution in [-0.4, -0.2) is 29.0 Å². The summed E-state index contributed by atoms with van der Waals surface area (Å²) in [5, 5.41) is 0. The second-order valence-corrected chi connectivity index (χ2v) is 4.65. The smallest absolute Gasteiger partial charge is 0.328 e. The van der Waals surface area contributed by atoms with Crippen LogP contribution >= 0.6 is 0 Å². The summed E-state index contributed by atoms with van der Waals surface area (Å²) in [5.74, 6) is 6.78. The maximum absolute atomic E-state index is 5.71. The average Bonchev–Trinajstić information content (AvgIpc) is 2.41. The lowest BCUT2D eigenvalue weighted by atomic mass is 10.1. The second kappa shape index (κ2) is 5.70. The van der Waals surface area contributed by atoms with Gasteiger partial charge in [-0.3, -0.25) is 5.43 Å². The van der Waals surface area contributed by atoms with Crippen LogP contribution in [0.1, 0.15) is 11.1 Å². The molecule has 0 aliphatic rings. The van der Waals surface area contributed by atoms with E-state index < -0.39 is 0 Å². The molecule has 0 radical (unpaired) electrons. The summed E-state index contributed by atoms with van der Waals surface area (Å²) in [6.45, 7) is 4.00. The number of aromatic nitrogens is 3. The third-order valence-corrected chi connectivity index (χ3v) is 2.66. The van der Waals surface area contributed by atoms with E-state index >= 15 is 0 Å². The van der Waals surface area contributed by atoms with Crippen LogP contribution in [0.2, 0.25) is 0 Å². The molecular formula is C13H18N6O. The number of nitrogens with one attached hydrogen (secondary N) is 1. The molecule has 0 unspecified atom stereocenters. The van der Waals surface area contributed by atoms with Gasteiger partial charge in [-0.05, 0) is 25.5 Å². The maximum Gasteiger partial charge on any atom is 0.328 e. The molecule has 0 saturated carbocycles. The number of hydrazine groups is 1. The molecule has 0 bridgehead atoms. The van der Waals surface area contributed by atoms with Crippen LogP contribution in [0.5, 0.6) is 11.8 Å². The summed E-state index contributed by atoms with van der Waals surface area (Å²) in [5.41, 5.74) is 4.59. The van der Waals surface area contributed by atoms with Crippen molar-refractivity contribution in [2.24, 2.45) is 5.84 Å². The number of nitrogens with zero attached hydrogens (tertiary/aromatic N) is 4. The molecule has 1 heterocycles. The monoisotopic (exact) mass is 274 g/mol. The van der Waals surface area contributed by atoms with Crippen molar-refractivity contribution in [1.29, 1.82) is 0 Å². The molecule has 20 heavy (non-hydrogen) atoms. The lowest BCUT2D eigenvalue weighted by Gasteiger charge is -2.13. The highest BCUT2D eigenvalue weighted by molar-refractivity contribution is 5.40. The van der Waals surface area contributed by atoms with Crippen LogP contribution in [-0.2, 0) is 0 Å². The topological polar surface area (TPSA) is 89.2 Å². The van der Waals surface area contributed by atoms with Crippen molar-refractivity contribution in [2.45, 2.75) is 13.8 Å². The number of hydrogen-bond donors (Lipinski definition) is 2. The van der Waals surface area contributed by atoms with Crippen LogP contribution in [0.15, 0.2) is 18.2 Å². The minimum atomic E-state index is 0.198. The molecule has 1 aromatic carbocycles. The number of hydrogen-bond acceptors (Lipinski definition) is 7. The number of benzene rings is 1. The molecule has 0 aliphatic carbocycles. The Hall–Kier alpha value is -2.41. The van der Waals surface area contributed by atoms with E-state index in [0.29, 0.717) is 11.7 Å². The minimum Gasteiger partial charge on any atom is -0.424 e. The summed E-state index contributed by atoms with van der Waals surface area (Å²) >= 11 is 0. The van der Waals surface area contributed by atoms with E-state index in [1.807, 2.05) is 46.1 Å². The molecule has 7 nitrogen and oxygen atoms in total. The lowest BCUT2D eigenvalue weighted by molar-refractivity contribution is 0.437. The molecule has 0 saturated heterocycles. The number of nitrogens with two attached hydrogens (primary N) is 1. The quantitative estimate of drug-likeness (QED) is 0.647. The Morgan fingerprint density at radius 2 is 1.90 bits per heavy atom. The van der Waals surface area contributed by atoms with Crippen molar-refractivity contribution in [1.82, 2.24) is 15.0 Å². The molecule has 0 spiro atoms. The van der Waals surface area contributed by atoms with Crippen molar-refractivity contribution in [3.63, 3.8) is 0 Å². The summed E-state index contributed by atoms with van der Waals surface area (Å²) in [6, 6.07) is 6.09. The van der Waals surface area contributed by atoms with Crippen LogP contribution < -0.4 is 20.9 Å². The number of nitrogen functional groups attached to an aromatic ring is 1. The van der Waals surface area contributed by atoms with Crippen molar-refractivity contribution in [3.8, 4) is 11.8 Å². The van der Waals surface area contributed by atoms with Crippen LogP contribution in [0.3, 0.4) is 0 Å². The van der Waals surface area contributed by atoms with E-state index in [2.05, 4.69) is 20.4 Å². The van der Waals surface area contributed by atoms with Gasteiger partial charge in [-0.1, -0.05) is 17.7 Å². The Labute approximate surface area is 117 Å². The zero-order valence-electron chi connectivity index (χ0n) is 12.0. The summed E-state index contributed by atoms with van der Waals surface area (Å²) < 4.78 is 5.71. The van der Waals surface area contributed by atoms with Crippen molar-refractivity contribution < 1.29 is 4.74 Å². The molecule has 0 amide bonds. The molecule has 2 aromatic rings. The standard InChI is InChI=1S/C13H18N6O/c1-8-5-6-10(9(2)7-8)20-13-16-11(18-14)15-12(17-13)19(3)4/h5-7H,14H2,1-4H3,(H,15,16,17,18). The first-order valence-corrected chi connectivity index (χ1v) is 6.14. The number of ether oxygens (including phenoxy) is 1. The molecule has 0 atom stereocenters. The first kappa shape index (κ1) is 14.0. The van der Waals surface area contributed by atoms with Gasteiger partial charge in [0.05, 0.1) is 0 Å². The van der Waals surface area contributed by atoms with Crippen molar-refractivity contribution in [2.75, 3.05) is 24.4 Å². The van der Waals surface area contributed by atoms with E-state index in [-0.39, 0.29) is 12.0 Å². The van der Waals surface area contributed by atoms with Gasteiger partial charge < -0.3 is 9.64 Å². The van der Waals surface area contributed by atoms with Crippen LogP contribution in [0.25, 0.3) is 0 Å². The molecule has 7 heteroatoms. The fraction of sp³-hybridized carbons (Fsp3) is 0.308. The average molecular weight is 274 g/mol. The van der Waals surface area contributed by atoms with Gasteiger partial charge in [0.15, 0.2) is 0 Å².